The molecule has 6 nitrogen and oxygen atoms in total. The van der Waals surface area contributed by atoms with Crippen molar-refractivity contribution in [1.82, 2.24) is 15.2 Å². The van der Waals surface area contributed by atoms with E-state index in [2.05, 4.69) is 15.6 Å². The molecule has 3 amide bonds. The van der Waals surface area contributed by atoms with Crippen LogP contribution in [-0.2, 0) is 17.8 Å². The third kappa shape index (κ3) is 4.39. The first kappa shape index (κ1) is 17.5. The molecule has 2 N–H and O–H groups in total. The lowest BCUT2D eigenvalue weighted by atomic mass is 10.1. The summed E-state index contributed by atoms with van der Waals surface area (Å²) in [5.41, 5.74) is 0.998. The third-order valence-electron chi connectivity index (χ3n) is 4.52. The number of alkyl halides is 1. The molecule has 3 rings (SSSR count). The van der Waals surface area contributed by atoms with Gasteiger partial charge in [-0.3, -0.25) is 10.1 Å². The highest BCUT2D eigenvalue weighted by atomic mass is 35.5. The minimum absolute atomic E-state index is 0.142. The van der Waals surface area contributed by atoms with Crippen LogP contribution < -0.4 is 10.6 Å². The normalized spacial score (nSPS) is 17.6. The van der Waals surface area contributed by atoms with Crippen LogP contribution in [0.4, 0.5) is 9.93 Å². The molecule has 0 atom stereocenters. The van der Waals surface area contributed by atoms with E-state index in [9.17, 15) is 9.59 Å². The quantitative estimate of drug-likeness (QED) is 0.782. The Morgan fingerprint density at radius 3 is 2.88 bits per heavy atom. The van der Waals surface area contributed by atoms with E-state index in [1.165, 1.54) is 24.2 Å². The summed E-state index contributed by atoms with van der Waals surface area (Å²) in [6.45, 7) is 1.27. The van der Waals surface area contributed by atoms with Crippen LogP contribution in [0.2, 0.25) is 0 Å². The number of hydrogen-bond acceptors (Lipinski definition) is 4. The fraction of sp³-hybridized carbons (Fsp3) is 0.688. The Hall–Kier alpha value is -1.34. The summed E-state index contributed by atoms with van der Waals surface area (Å²) in [5, 5.41) is 6.45. The highest BCUT2D eigenvalue weighted by Gasteiger charge is 2.24. The molecule has 8 heteroatoms. The van der Waals surface area contributed by atoms with Crippen LogP contribution in [0.25, 0.3) is 0 Å². The highest BCUT2D eigenvalue weighted by Crippen LogP contribution is 2.28. The van der Waals surface area contributed by atoms with Crippen LogP contribution in [0.15, 0.2) is 0 Å². The van der Waals surface area contributed by atoms with Crippen molar-refractivity contribution in [2.24, 2.45) is 0 Å². The van der Waals surface area contributed by atoms with Gasteiger partial charge in [0, 0.05) is 36.2 Å². The SMILES string of the molecule is O=C(Nc1nc2c(s1)CN(C(=O)CCCCl)CC2)NC1CCCC1. The fourth-order valence-corrected chi connectivity index (χ4v) is 4.38. The molecule has 2 heterocycles. The maximum Gasteiger partial charge on any atom is 0.321 e. The van der Waals surface area contributed by atoms with Gasteiger partial charge in [-0.15, -0.1) is 11.6 Å². The summed E-state index contributed by atoms with van der Waals surface area (Å²) in [4.78, 5) is 31.6. The van der Waals surface area contributed by atoms with E-state index in [-0.39, 0.29) is 18.0 Å². The molecular formula is C16H23ClN4O2S. The Morgan fingerprint density at radius 2 is 2.12 bits per heavy atom. The van der Waals surface area contributed by atoms with E-state index in [1.807, 2.05) is 4.90 Å². The van der Waals surface area contributed by atoms with E-state index in [4.69, 9.17) is 11.6 Å². The molecule has 1 fully saturated rings. The van der Waals surface area contributed by atoms with Crippen molar-refractivity contribution in [1.29, 1.82) is 0 Å². The number of carbonyl (C=O) groups is 2. The predicted octanol–water partition coefficient (Wildman–Crippen LogP) is 3.11. The van der Waals surface area contributed by atoms with Crippen molar-refractivity contribution >= 4 is 40.0 Å². The lowest BCUT2D eigenvalue weighted by Gasteiger charge is -2.26. The summed E-state index contributed by atoms with van der Waals surface area (Å²) >= 11 is 7.12. The van der Waals surface area contributed by atoms with Gasteiger partial charge in [-0.25, -0.2) is 9.78 Å². The molecule has 0 unspecified atom stereocenters. The van der Waals surface area contributed by atoms with Crippen LogP contribution in [0, 0.1) is 0 Å². The van der Waals surface area contributed by atoms with Gasteiger partial charge >= 0.3 is 6.03 Å². The monoisotopic (exact) mass is 370 g/mol. The van der Waals surface area contributed by atoms with Crippen molar-refractivity contribution < 1.29 is 9.59 Å². The van der Waals surface area contributed by atoms with Gasteiger partial charge in [-0.05, 0) is 19.3 Å². The second-order valence-corrected chi connectivity index (χ2v) is 7.79. The number of carbonyl (C=O) groups excluding carboxylic acids is 2. The number of urea groups is 1. The number of aromatic nitrogens is 1. The van der Waals surface area contributed by atoms with Gasteiger partial charge in [-0.2, -0.15) is 0 Å². The van der Waals surface area contributed by atoms with Gasteiger partial charge in [0.1, 0.15) is 0 Å². The zero-order chi connectivity index (χ0) is 16.9. The largest absolute Gasteiger partial charge is 0.337 e. The third-order valence-corrected chi connectivity index (χ3v) is 5.78. The summed E-state index contributed by atoms with van der Waals surface area (Å²) in [7, 11) is 0. The molecule has 1 aromatic heterocycles. The molecule has 1 aliphatic heterocycles. The average Bonchev–Trinajstić information content (AvgIpc) is 3.20. The highest BCUT2D eigenvalue weighted by molar-refractivity contribution is 7.15. The van der Waals surface area contributed by atoms with E-state index in [1.54, 1.807) is 0 Å². The number of halogens is 1. The Morgan fingerprint density at radius 1 is 1.33 bits per heavy atom. The number of rotatable bonds is 5. The number of fused-ring (bicyclic) bond motifs is 1. The second-order valence-electron chi connectivity index (χ2n) is 6.33. The topological polar surface area (TPSA) is 74.3 Å². The Bertz CT molecular complexity index is 601. The van der Waals surface area contributed by atoms with Crippen LogP contribution in [0.1, 0.15) is 49.1 Å². The summed E-state index contributed by atoms with van der Waals surface area (Å²) < 4.78 is 0. The van der Waals surface area contributed by atoms with Gasteiger partial charge in [-0.1, -0.05) is 24.2 Å². The molecule has 24 heavy (non-hydrogen) atoms. The molecule has 0 aromatic carbocycles. The van der Waals surface area contributed by atoms with E-state index < -0.39 is 0 Å². The number of anilines is 1. The maximum atomic E-state index is 12.1. The summed E-state index contributed by atoms with van der Waals surface area (Å²) in [5.74, 6) is 0.651. The standard InChI is InChI=1S/C16H23ClN4O2S/c17-8-3-6-14(22)21-9-7-12-13(10-21)24-16(19-12)20-15(23)18-11-4-1-2-5-11/h11H,1-10H2,(H2,18,19,20,23). The van der Waals surface area contributed by atoms with Gasteiger partial charge in [0.15, 0.2) is 5.13 Å². The first-order valence-electron chi connectivity index (χ1n) is 8.55. The lowest BCUT2D eigenvalue weighted by molar-refractivity contribution is -0.132. The molecule has 0 spiro atoms. The zero-order valence-electron chi connectivity index (χ0n) is 13.6. The number of thiazole rings is 1. The molecule has 0 bridgehead atoms. The number of nitrogens with one attached hydrogen (secondary N) is 2. The molecule has 0 saturated heterocycles. The fourth-order valence-electron chi connectivity index (χ4n) is 3.23. The van der Waals surface area contributed by atoms with E-state index >= 15 is 0 Å². The Labute approximate surface area is 151 Å². The average molecular weight is 371 g/mol. The number of hydrogen-bond donors (Lipinski definition) is 2. The van der Waals surface area contributed by atoms with Gasteiger partial charge in [0.2, 0.25) is 5.91 Å². The second kappa shape index (κ2) is 8.16. The van der Waals surface area contributed by atoms with E-state index in [0.29, 0.717) is 36.9 Å². The zero-order valence-corrected chi connectivity index (χ0v) is 15.2. The minimum Gasteiger partial charge on any atom is -0.337 e. The predicted molar refractivity (Wildman–Crippen MR) is 95.6 cm³/mol. The van der Waals surface area contributed by atoms with Crippen molar-refractivity contribution in [2.75, 3.05) is 17.7 Å². The van der Waals surface area contributed by atoms with Crippen LogP contribution >= 0.6 is 22.9 Å². The maximum absolute atomic E-state index is 12.1. The molecule has 0 radical (unpaired) electrons. The Balaban J connectivity index is 1.54. The summed E-state index contributed by atoms with van der Waals surface area (Å²) in [6.07, 6.45) is 6.42. The molecule has 1 aliphatic carbocycles. The minimum atomic E-state index is -0.178. The molecule has 132 valence electrons. The van der Waals surface area contributed by atoms with Crippen molar-refractivity contribution in [3.05, 3.63) is 10.6 Å². The van der Waals surface area contributed by atoms with Gasteiger partial charge < -0.3 is 10.2 Å². The van der Waals surface area contributed by atoms with Crippen molar-refractivity contribution in [3.8, 4) is 0 Å². The lowest BCUT2D eigenvalue weighted by Crippen LogP contribution is -2.36. The first-order chi connectivity index (χ1) is 11.7. The smallest absolute Gasteiger partial charge is 0.321 e. The van der Waals surface area contributed by atoms with E-state index in [0.717, 1.165) is 29.8 Å². The molecule has 1 saturated carbocycles. The van der Waals surface area contributed by atoms with Gasteiger partial charge in [0.25, 0.3) is 0 Å². The van der Waals surface area contributed by atoms with Crippen molar-refractivity contribution in [2.45, 2.75) is 57.5 Å². The van der Waals surface area contributed by atoms with Gasteiger partial charge in [0.05, 0.1) is 12.2 Å². The summed E-state index contributed by atoms with van der Waals surface area (Å²) in [6, 6.07) is 0.109. The number of nitrogens with zero attached hydrogens (tertiary/aromatic N) is 2. The van der Waals surface area contributed by atoms with Crippen LogP contribution in [0.5, 0.6) is 0 Å². The first-order valence-corrected chi connectivity index (χ1v) is 9.90. The molecule has 2 aliphatic rings. The molecule has 1 aromatic rings. The molecular weight excluding hydrogens is 348 g/mol. The number of amides is 3. The van der Waals surface area contributed by atoms with Crippen molar-refractivity contribution in [3.63, 3.8) is 0 Å². The van der Waals surface area contributed by atoms with Crippen LogP contribution in [0.3, 0.4) is 0 Å². The van der Waals surface area contributed by atoms with Crippen LogP contribution in [-0.4, -0.2) is 40.3 Å². The Kier molecular flexibility index (Phi) is 5.94.